The van der Waals surface area contributed by atoms with Gasteiger partial charge in [0.25, 0.3) is 5.91 Å². The first-order valence-electron chi connectivity index (χ1n) is 9.14. The van der Waals surface area contributed by atoms with Gasteiger partial charge in [-0.3, -0.25) is 9.59 Å². The first-order valence-corrected chi connectivity index (χ1v) is 9.14. The molecule has 0 radical (unpaired) electrons. The Hall–Kier alpha value is -3.42. The van der Waals surface area contributed by atoms with Crippen LogP contribution < -0.4 is 15.0 Å². The van der Waals surface area contributed by atoms with Crippen molar-refractivity contribution in [2.45, 2.75) is 12.8 Å². The minimum atomic E-state index is -0.877. The predicted octanol–water partition coefficient (Wildman–Crippen LogP) is 3.84. The van der Waals surface area contributed by atoms with Crippen LogP contribution in [-0.4, -0.2) is 30.0 Å². The van der Waals surface area contributed by atoms with Crippen molar-refractivity contribution in [1.29, 1.82) is 0 Å². The molecule has 0 atom stereocenters. The number of aromatic nitrogens is 1. The minimum absolute atomic E-state index is 0.0812. The minimum Gasteiger partial charge on any atom is -0.497 e. The number of aryl methyl sites for hydroxylation is 1. The average molecular weight is 399 g/mol. The molecule has 0 spiro atoms. The van der Waals surface area contributed by atoms with Gasteiger partial charge < -0.3 is 19.5 Å². The first kappa shape index (κ1) is 18.9. The third-order valence-corrected chi connectivity index (χ3v) is 5.12. The molecule has 0 aliphatic carbocycles. The van der Waals surface area contributed by atoms with E-state index in [0.717, 1.165) is 17.6 Å². The summed E-state index contributed by atoms with van der Waals surface area (Å²) < 4.78 is 34.2. The molecule has 150 valence electrons. The van der Waals surface area contributed by atoms with Gasteiger partial charge >= 0.3 is 0 Å². The standard InChI is InChI=1S/C21H19F2N3O3/c1-25-17-8-6-13(29-2)11-14(17)19(26-9-3-4-18(26)27)20(25)21(28)24-16-7-5-12(22)10-15(16)23/h5-8,10-11H,3-4,9H2,1-2H3,(H,24,28). The average Bonchev–Trinajstić information content (AvgIpc) is 3.24. The van der Waals surface area contributed by atoms with Crippen LogP contribution >= 0.6 is 0 Å². The van der Waals surface area contributed by atoms with Gasteiger partial charge in [0.2, 0.25) is 5.91 Å². The van der Waals surface area contributed by atoms with Gasteiger partial charge in [-0.1, -0.05) is 0 Å². The Morgan fingerprint density at radius 1 is 1.17 bits per heavy atom. The fourth-order valence-electron chi connectivity index (χ4n) is 3.72. The summed E-state index contributed by atoms with van der Waals surface area (Å²) >= 11 is 0. The van der Waals surface area contributed by atoms with Crippen LogP contribution in [0.25, 0.3) is 10.9 Å². The molecule has 1 aromatic heterocycles. The molecular formula is C21H19F2N3O3. The second kappa shape index (κ2) is 7.20. The molecule has 1 fully saturated rings. The lowest BCUT2D eigenvalue weighted by Gasteiger charge is -2.18. The number of hydrogen-bond donors (Lipinski definition) is 1. The lowest BCUT2D eigenvalue weighted by Crippen LogP contribution is -2.27. The Labute approximate surface area is 165 Å². The zero-order valence-corrected chi connectivity index (χ0v) is 16.0. The molecule has 2 heterocycles. The Kier molecular flexibility index (Phi) is 4.70. The van der Waals surface area contributed by atoms with E-state index < -0.39 is 17.5 Å². The second-order valence-electron chi connectivity index (χ2n) is 6.87. The van der Waals surface area contributed by atoms with E-state index in [1.54, 1.807) is 34.7 Å². The van der Waals surface area contributed by atoms with E-state index in [-0.39, 0.29) is 17.3 Å². The number of halogens is 2. The first-order chi connectivity index (χ1) is 13.9. The van der Waals surface area contributed by atoms with Crippen molar-refractivity contribution in [1.82, 2.24) is 4.57 Å². The molecule has 2 aromatic carbocycles. The summed E-state index contributed by atoms with van der Waals surface area (Å²) in [6, 6.07) is 8.26. The topological polar surface area (TPSA) is 63.6 Å². The fraction of sp³-hybridized carbons (Fsp3) is 0.238. The van der Waals surface area contributed by atoms with E-state index in [2.05, 4.69) is 5.32 Å². The van der Waals surface area contributed by atoms with Gasteiger partial charge in [-0.25, -0.2) is 8.78 Å². The van der Waals surface area contributed by atoms with Crippen LogP contribution in [0.1, 0.15) is 23.3 Å². The number of hydrogen-bond acceptors (Lipinski definition) is 3. The maximum atomic E-state index is 14.1. The Bertz CT molecular complexity index is 1140. The molecular weight excluding hydrogens is 380 g/mol. The van der Waals surface area contributed by atoms with Crippen molar-refractivity contribution in [3.8, 4) is 5.75 Å². The maximum Gasteiger partial charge on any atom is 0.274 e. The highest BCUT2D eigenvalue weighted by atomic mass is 19.1. The number of amides is 2. The van der Waals surface area contributed by atoms with Crippen LogP contribution in [0.2, 0.25) is 0 Å². The molecule has 1 saturated heterocycles. The second-order valence-corrected chi connectivity index (χ2v) is 6.87. The zero-order valence-electron chi connectivity index (χ0n) is 16.0. The van der Waals surface area contributed by atoms with Crippen LogP contribution in [-0.2, 0) is 11.8 Å². The van der Waals surface area contributed by atoms with Gasteiger partial charge in [-0.15, -0.1) is 0 Å². The van der Waals surface area contributed by atoms with Crippen molar-refractivity contribution >= 4 is 34.1 Å². The van der Waals surface area contributed by atoms with Gasteiger partial charge in [0.05, 0.1) is 24.0 Å². The van der Waals surface area contributed by atoms with E-state index in [1.807, 2.05) is 0 Å². The molecule has 1 N–H and O–H groups in total. The summed E-state index contributed by atoms with van der Waals surface area (Å²) in [4.78, 5) is 27.2. The molecule has 29 heavy (non-hydrogen) atoms. The number of benzene rings is 2. The van der Waals surface area contributed by atoms with Crippen molar-refractivity contribution in [3.63, 3.8) is 0 Å². The molecule has 0 unspecified atom stereocenters. The Morgan fingerprint density at radius 2 is 1.97 bits per heavy atom. The monoisotopic (exact) mass is 399 g/mol. The number of carbonyl (C=O) groups excluding carboxylic acids is 2. The maximum absolute atomic E-state index is 14.1. The molecule has 3 aromatic rings. The number of methoxy groups -OCH3 is 1. The Balaban J connectivity index is 1.87. The highest BCUT2D eigenvalue weighted by Gasteiger charge is 2.31. The lowest BCUT2D eigenvalue weighted by molar-refractivity contribution is -0.117. The summed E-state index contributed by atoms with van der Waals surface area (Å²) in [6.07, 6.45) is 1.08. The van der Waals surface area contributed by atoms with Crippen molar-refractivity contribution in [2.24, 2.45) is 7.05 Å². The molecule has 0 saturated carbocycles. The highest BCUT2D eigenvalue weighted by molar-refractivity contribution is 6.17. The smallest absolute Gasteiger partial charge is 0.274 e. The van der Waals surface area contributed by atoms with E-state index in [1.165, 1.54) is 7.11 Å². The molecule has 1 aliphatic rings. The van der Waals surface area contributed by atoms with E-state index in [4.69, 9.17) is 4.74 Å². The summed E-state index contributed by atoms with van der Waals surface area (Å²) in [5.74, 6) is -1.70. The predicted molar refractivity (Wildman–Crippen MR) is 105 cm³/mol. The molecule has 6 nitrogen and oxygen atoms in total. The van der Waals surface area contributed by atoms with Crippen molar-refractivity contribution in [2.75, 3.05) is 23.9 Å². The molecule has 2 amide bonds. The van der Waals surface area contributed by atoms with Crippen LogP contribution in [0.5, 0.6) is 5.75 Å². The van der Waals surface area contributed by atoms with Gasteiger partial charge in [-0.2, -0.15) is 0 Å². The van der Waals surface area contributed by atoms with Gasteiger partial charge in [0, 0.05) is 31.5 Å². The normalized spacial score (nSPS) is 13.9. The number of nitrogens with zero attached hydrogens (tertiary/aromatic N) is 2. The number of ether oxygens (including phenoxy) is 1. The van der Waals surface area contributed by atoms with E-state index in [9.17, 15) is 18.4 Å². The number of carbonyl (C=O) groups is 2. The number of anilines is 2. The number of nitrogens with one attached hydrogen (secondary N) is 1. The van der Waals surface area contributed by atoms with Crippen molar-refractivity contribution < 1.29 is 23.1 Å². The SMILES string of the molecule is COc1ccc2c(c1)c(N1CCCC1=O)c(C(=O)Nc1ccc(F)cc1F)n2C. The van der Waals surface area contributed by atoms with Crippen LogP contribution in [0.15, 0.2) is 36.4 Å². The van der Waals surface area contributed by atoms with E-state index in [0.29, 0.717) is 42.3 Å². The van der Waals surface area contributed by atoms with Gasteiger partial charge in [0.1, 0.15) is 23.1 Å². The molecule has 1 aliphatic heterocycles. The number of fused-ring (bicyclic) bond motifs is 1. The fourth-order valence-corrected chi connectivity index (χ4v) is 3.72. The Morgan fingerprint density at radius 3 is 2.62 bits per heavy atom. The van der Waals surface area contributed by atoms with Gasteiger partial charge in [-0.05, 0) is 36.8 Å². The molecule has 8 heteroatoms. The summed E-state index contributed by atoms with van der Waals surface area (Å²) in [6.45, 7) is 0.486. The third kappa shape index (κ3) is 3.20. The molecule has 4 rings (SSSR count). The van der Waals surface area contributed by atoms with Crippen LogP contribution in [0, 0.1) is 11.6 Å². The number of rotatable bonds is 4. The van der Waals surface area contributed by atoms with Gasteiger partial charge in [0.15, 0.2) is 0 Å². The largest absolute Gasteiger partial charge is 0.497 e. The van der Waals surface area contributed by atoms with Crippen molar-refractivity contribution in [3.05, 3.63) is 53.7 Å². The third-order valence-electron chi connectivity index (χ3n) is 5.12. The molecule has 0 bridgehead atoms. The lowest BCUT2D eigenvalue weighted by atomic mass is 10.2. The highest BCUT2D eigenvalue weighted by Crippen LogP contribution is 2.38. The summed E-state index contributed by atoms with van der Waals surface area (Å²) in [7, 11) is 3.24. The quantitative estimate of drug-likeness (QED) is 0.725. The zero-order chi connectivity index (χ0) is 20.7. The van der Waals surface area contributed by atoms with E-state index >= 15 is 0 Å². The summed E-state index contributed by atoms with van der Waals surface area (Å²) in [5, 5.41) is 3.18. The van der Waals surface area contributed by atoms with Crippen LogP contribution in [0.4, 0.5) is 20.2 Å². The van der Waals surface area contributed by atoms with Crippen LogP contribution in [0.3, 0.4) is 0 Å². The summed E-state index contributed by atoms with van der Waals surface area (Å²) in [5.41, 5.74) is 1.26.